The Labute approximate surface area is 96.3 Å². The number of H-pyrrole nitrogens is 1. The van der Waals surface area contributed by atoms with Crippen molar-refractivity contribution in [2.24, 2.45) is 0 Å². The molecule has 9 heteroatoms. The van der Waals surface area contributed by atoms with E-state index in [9.17, 15) is 18.2 Å². The highest BCUT2D eigenvalue weighted by atomic mass is 32.2. The van der Waals surface area contributed by atoms with Gasteiger partial charge >= 0.3 is 5.69 Å². The molecule has 0 amide bonds. The van der Waals surface area contributed by atoms with Crippen molar-refractivity contribution in [2.45, 2.75) is 11.7 Å². The second-order valence-corrected chi connectivity index (χ2v) is 5.01. The maximum Gasteiger partial charge on any atom is 0.330 e. The molecule has 1 aromatic rings. The molecular weight excluding hydrogens is 255 g/mol. The number of rotatable bonds is 2. The molecule has 3 unspecified atom stereocenters. The first-order chi connectivity index (χ1) is 8.02. The largest absolute Gasteiger partial charge is 0.393 e. The highest BCUT2D eigenvalue weighted by Gasteiger charge is 2.33. The molecule has 0 radical (unpaired) electrons. The Bertz CT molecular complexity index is 568. The fraction of sp³-hybridized carbons (Fsp3) is 0.500. The first-order valence-corrected chi connectivity index (χ1v) is 6.05. The highest BCUT2D eigenvalue weighted by Crippen LogP contribution is 2.21. The number of aliphatic hydroxyl groups excluding tert-OH is 1. The van der Waals surface area contributed by atoms with E-state index in [0.29, 0.717) is 6.20 Å². The van der Waals surface area contributed by atoms with Crippen LogP contribution in [0.1, 0.15) is 6.23 Å². The average Bonchev–Trinajstić information content (AvgIpc) is 2.65. The van der Waals surface area contributed by atoms with Crippen molar-refractivity contribution in [3.63, 3.8) is 0 Å². The van der Waals surface area contributed by atoms with E-state index in [0.717, 1.165) is 4.57 Å². The molecule has 0 aliphatic carbocycles. The molecule has 2 rings (SSSR count). The van der Waals surface area contributed by atoms with Crippen LogP contribution in [0.15, 0.2) is 15.8 Å². The Hall–Kier alpha value is -1.32. The van der Waals surface area contributed by atoms with Crippen LogP contribution in [-0.4, -0.2) is 36.7 Å². The fourth-order valence-corrected chi connectivity index (χ4v) is 2.62. The molecule has 1 aliphatic heterocycles. The molecule has 17 heavy (non-hydrogen) atoms. The lowest BCUT2D eigenvalue weighted by molar-refractivity contribution is -0.00766. The van der Waals surface area contributed by atoms with Crippen LogP contribution in [0.2, 0.25) is 0 Å². The third kappa shape index (κ3) is 2.21. The number of halogens is 1. The number of hydrogen-bond acceptors (Lipinski definition) is 5. The van der Waals surface area contributed by atoms with Gasteiger partial charge in [-0.05, 0) is 0 Å². The van der Waals surface area contributed by atoms with Crippen LogP contribution in [-0.2, 0) is 15.5 Å². The van der Waals surface area contributed by atoms with Crippen LogP contribution >= 0.6 is 0 Å². The van der Waals surface area contributed by atoms with Gasteiger partial charge in [0.15, 0.2) is 11.7 Å². The number of hydrogen-bond donors (Lipinski definition) is 2. The molecular formula is C8H9FN2O5S. The van der Waals surface area contributed by atoms with Crippen molar-refractivity contribution in [1.82, 2.24) is 9.55 Å². The van der Waals surface area contributed by atoms with Crippen LogP contribution in [0.4, 0.5) is 4.39 Å². The standard InChI is InChI=1S/C8H9FN2O5S/c9-4-1-11(8(14)10-7(4)13)5-3-17(15)6(2-12)16-5/h1,5-6,12H,2-3H2,(H,10,13,14). The molecule has 0 bridgehead atoms. The minimum Gasteiger partial charge on any atom is -0.393 e. The summed E-state index contributed by atoms with van der Waals surface area (Å²) in [6, 6.07) is 0. The zero-order valence-corrected chi connectivity index (χ0v) is 9.28. The summed E-state index contributed by atoms with van der Waals surface area (Å²) < 4.78 is 30.3. The summed E-state index contributed by atoms with van der Waals surface area (Å²) >= 11 is 0. The van der Waals surface area contributed by atoms with Gasteiger partial charge in [-0.15, -0.1) is 0 Å². The summed E-state index contributed by atoms with van der Waals surface area (Å²) in [6.07, 6.45) is -0.255. The van der Waals surface area contributed by atoms with Gasteiger partial charge in [0.2, 0.25) is 5.82 Å². The van der Waals surface area contributed by atoms with Crippen LogP contribution in [0.5, 0.6) is 0 Å². The zero-order valence-electron chi connectivity index (χ0n) is 8.46. The van der Waals surface area contributed by atoms with Crippen molar-refractivity contribution < 1.29 is 18.4 Å². The predicted octanol–water partition coefficient (Wildman–Crippen LogP) is -1.73. The number of nitrogens with one attached hydrogen (secondary N) is 1. The van der Waals surface area contributed by atoms with Gasteiger partial charge in [0, 0.05) is 0 Å². The number of ether oxygens (including phenoxy) is 1. The van der Waals surface area contributed by atoms with Crippen molar-refractivity contribution in [3.8, 4) is 0 Å². The maximum atomic E-state index is 13.0. The van der Waals surface area contributed by atoms with Crippen molar-refractivity contribution in [1.29, 1.82) is 0 Å². The van der Waals surface area contributed by atoms with E-state index in [1.54, 1.807) is 4.98 Å². The lowest BCUT2D eigenvalue weighted by Gasteiger charge is -2.12. The maximum absolute atomic E-state index is 13.0. The molecule has 0 aromatic carbocycles. The molecule has 3 atom stereocenters. The minimum atomic E-state index is -1.46. The minimum absolute atomic E-state index is 0.0450. The molecule has 1 aliphatic rings. The van der Waals surface area contributed by atoms with E-state index < -0.39 is 46.1 Å². The van der Waals surface area contributed by atoms with E-state index in [-0.39, 0.29) is 5.75 Å². The molecule has 94 valence electrons. The molecule has 1 aromatic heterocycles. The average molecular weight is 264 g/mol. The molecule has 7 nitrogen and oxygen atoms in total. The Morgan fingerprint density at radius 1 is 1.65 bits per heavy atom. The van der Waals surface area contributed by atoms with Gasteiger partial charge in [-0.1, -0.05) is 0 Å². The van der Waals surface area contributed by atoms with Gasteiger partial charge in [-0.2, -0.15) is 4.39 Å². The van der Waals surface area contributed by atoms with Gasteiger partial charge in [0.05, 0.1) is 29.4 Å². The third-order valence-corrected chi connectivity index (χ3v) is 3.75. The Morgan fingerprint density at radius 2 is 2.35 bits per heavy atom. The predicted molar refractivity (Wildman–Crippen MR) is 55.3 cm³/mol. The van der Waals surface area contributed by atoms with Crippen molar-refractivity contribution >= 4 is 10.8 Å². The molecule has 2 N–H and O–H groups in total. The van der Waals surface area contributed by atoms with Crippen LogP contribution in [0.3, 0.4) is 0 Å². The first-order valence-electron chi connectivity index (χ1n) is 4.67. The van der Waals surface area contributed by atoms with Crippen LogP contribution < -0.4 is 11.2 Å². The van der Waals surface area contributed by atoms with Gasteiger partial charge < -0.3 is 9.84 Å². The summed E-state index contributed by atoms with van der Waals surface area (Å²) in [5.41, 5.74) is -2.87. The fourth-order valence-electron chi connectivity index (χ4n) is 1.47. The third-order valence-electron chi connectivity index (χ3n) is 2.29. The molecule has 0 saturated carbocycles. The number of aliphatic hydroxyl groups is 1. The lowest BCUT2D eigenvalue weighted by Crippen LogP contribution is -2.34. The first kappa shape index (κ1) is 12.1. The quantitative estimate of drug-likeness (QED) is 0.661. The van der Waals surface area contributed by atoms with E-state index in [1.807, 2.05) is 0 Å². The van der Waals surface area contributed by atoms with Gasteiger partial charge in [-0.3, -0.25) is 18.6 Å². The topological polar surface area (TPSA) is 101 Å². The summed E-state index contributed by atoms with van der Waals surface area (Å²) in [5.74, 6) is -1.18. The van der Waals surface area contributed by atoms with Gasteiger partial charge in [-0.25, -0.2) is 4.79 Å². The second-order valence-electron chi connectivity index (χ2n) is 3.39. The summed E-state index contributed by atoms with van der Waals surface area (Å²) in [5, 5.41) is 8.83. The van der Waals surface area contributed by atoms with Crippen molar-refractivity contribution in [2.75, 3.05) is 12.4 Å². The number of nitrogens with zero attached hydrogens (tertiary/aromatic N) is 1. The zero-order chi connectivity index (χ0) is 12.6. The Morgan fingerprint density at radius 3 is 2.94 bits per heavy atom. The Balaban J connectivity index is 2.37. The van der Waals surface area contributed by atoms with Crippen LogP contribution in [0.25, 0.3) is 0 Å². The molecule has 1 fully saturated rings. The van der Waals surface area contributed by atoms with Gasteiger partial charge in [0.25, 0.3) is 5.56 Å². The van der Waals surface area contributed by atoms with Gasteiger partial charge in [0.1, 0.15) is 0 Å². The monoisotopic (exact) mass is 264 g/mol. The summed E-state index contributed by atoms with van der Waals surface area (Å²) in [4.78, 5) is 24.0. The summed E-state index contributed by atoms with van der Waals surface area (Å²) in [7, 11) is -1.46. The molecule has 2 heterocycles. The summed E-state index contributed by atoms with van der Waals surface area (Å²) in [6.45, 7) is -0.455. The smallest absolute Gasteiger partial charge is 0.330 e. The second kappa shape index (κ2) is 4.51. The highest BCUT2D eigenvalue weighted by molar-refractivity contribution is 7.85. The SMILES string of the molecule is O=c1[nH]c(=O)n(C2CS(=O)C(CO)O2)cc1F. The van der Waals surface area contributed by atoms with E-state index in [2.05, 4.69) is 0 Å². The van der Waals surface area contributed by atoms with Crippen LogP contribution in [0, 0.1) is 5.82 Å². The van der Waals surface area contributed by atoms with E-state index in [1.165, 1.54) is 0 Å². The van der Waals surface area contributed by atoms with E-state index >= 15 is 0 Å². The number of aromatic amines is 1. The van der Waals surface area contributed by atoms with E-state index in [4.69, 9.17) is 9.84 Å². The lowest BCUT2D eigenvalue weighted by atomic mass is 10.5. The molecule has 1 saturated heterocycles. The normalized spacial score (nSPS) is 28.5. The number of aromatic nitrogens is 2. The van der Waals surface area contributed by atoms with Crippen molar-refractivity contribution in [3.05, 3.63) is 32.9 Å². The molecule has 0 spiro atoms. The Kier molecular flexibility index (Phi) is 3.22.